The maximum atomic E-state index is 5.23. The molecule has 0 amide bonds. The summed E-state index contributed by atoms with van der Waals surface area (Å²) in [6.45, 7) is 0.897. The number of methoxy groups -OCH3 is 1. The fourth-order valence-electron chi connectivity index (χ4n) is 1.80. The van der Waals surface area contributed by atoms with Crippen molar-refractivity contribution in [3.8, 4) is 5.75 Å². The Morgan fingerprint density at radius 1 is 1.00 bits per heavy atom. The minimum atomic E-state index is 0.891. The molecule has 0 N–H and O–H groups in total. The molecule has 0 aromatic heterocycles. The summed E-state index contributed by atoms with van der Waals surface area (Å²) < 4.78 is 5.23. The second kappa shape index (κ2) is 5.39. The zero-order valence-corrected chi connectivity index (χ0v) is 10.3. The van der Waals surface area contributed by atoms with Crippen molar-refractivity contribution in [2.45, 2.75) is 6.54 Å². The molecule has 0 aliphatic rings. The second-order valence-electron chi connectivity index (χ2n) is 4.04. The van der Waals surface area contributed by atoms with Crippen LogP contribution in [0.2, 0.25) is 0 Å². The van der Waals surface area contributed by atoms with Crippen molar-refractivity contribution in [1.82, 2.24) is 0 Å². The van der Waals surface area contributed by atoms with Gasteiger partial charge in [-0.25, -0.2) is 0 Å². The van der Waals surface area contributed by atoms with Crippen LogP contribution in [-0.4, -0.2) is 14.2 Å². The van der Waals surface area contributed by atoms with Crippen LogP contribution in [0.3, 0.4) is 0 Å². The minimum Gasteiger partial charge on any atom is -0.497 e. The van der Waals surface area contributed by atoms with Crippen molar-refractivity contribution in [3.05, 3.63) is 60.2 Å². The van der Waals surface area contributed by atoms with Gasteiger partial charge in [0.25, 0.3) is 0 Å². The third-order valence-corrected chi connectivity index (χ3v) is 2.76. The van der Waals surface area contributed by atoms with E-state index in [-0.39, 0.29) is 0 Å². The van der Waals surface area contributed by atoms with Gasteiger partial charge in [-0.05, 0) is 17.7 Å². The Kier molecular flexibility index (Phi) is 3.66. The highest BCUT2D eigenvalue weighted by molar-refractivity contribution is 5.50. The molecule has 0 bridgehead atoms. The molecule has 0 atom stereocenters. The lowest BCUT2D eigenvalue weighted by molar-refractivity contribution is 0.415. The summed E-state index contributed by atoms with van der Waals surface area (Å²) in [5.74, 6) is 0.891. The van der Waals surface area contributed by atoms with Gasteiger partial charge >= 0.3 is 0 Å². The Bertz CT molecular complexity index is 467. The van der Waals surface area contributed by atoms with Crippen LogP contribution in [-0.2, 0) is 6.54 Å². The van der Waals surface area contributed by atoms with Gasteiger partial charge < -0.3 is 9.64 Å². The lowest BCUT2D eigenvalue weighted by Crippen LogP contribution is -2.16. The number of rotatable bonds is 4. The largest absolute Gasteiger partial charge is 0.497 e. The minimum absolute atomic E-state index is 0.891. The second-order valence-corrected chi connectivity index (χ2v) is 4.04. The lowest BCUT2D eigenvalue weighted by atomic mass is 10.2. The lowest BCUT2D eigenvalue weighted by Gasteiger charge is -2.19. The van der Waals surface area contributed by atoms with Gasteiger partial charge in [-0.15, -0.1) is 0 Å². The molecule has 0 spiro atoms. The molecule has 0 aliphatic carbocycles. The van der Waals surface area contributed by atoms with Crippen LogP contribution in [0.4, 0.5) is 5.69 Å². The topological polar surface area (TPSA) is 12.5 Å². The van der Waals surface area contributed by atoms with Gasteiger partial charge in [0, 0.05) is 25.3 Å². The highest BCUT2D eigenvalue weighted by atomic mass is 16.5. The van der Waals surface area contributed by atoms with Crippen LogP contribution < -0.4 is 9.64 Å². The van der Waals surface area contributed by atoms with Crippen LogP contribution in [0.5, 0.6) is 5.75 Å². The third kappa shape index (κ3) is 3.00. The van der Waals surface area contributed by atoms with E-state index in [9.17, 15) is 0 Å². The van der Waals surface area contributed by atoms with Crippen LogP contribution in [0, 0.1) is 0 Å². The number of hydrogen-bond acceptors (Lipinski definition) is 2. The summed E-state index contributed by atoms with van der Waals surface area (Å²) in [5.41, 5.74) is 2.46. The fourth-order valence-corrected chi connectivity index (χ4v) is 1.80. The average Bonchev–Trinajstić information content (AvgIpc) is 2.40. The van der Waals surface area contributed by atoms with Gasteiger partial charge in [-0.1, -0.05) is 36.4 Å². The summed E-state index contributed by atoms with van der Waals surface area (Å²) in [4.78, 5) is 2.21. The Labute approximate surface area is 102 Å². The molecule has 17 heavy (non-hydrogen) atoms. The smallest absolute Gasteiger partial charge is 0.120 e. The number of benzene rings is 2. The van der Waals surface area contributed by atoms with Crippen LogP contribution in [0.1, 0.15) is 5.56 Å². The zero-order valence-electron chi connectivity index (χ0n) is 10.3. The molecule has 2 rings (SSSR count). The van der Waals surface area contributed by atoms with Crippen molar-refractivity contribution < 1.29 is 4.74 Å². The third-order valence-electron chi connectivity index (χ3n) is 2.76. The maximum Gasteiger partial charge on any atom is 0.120 e. The molecule has 2 nitrogen and oxygen atoms in total. The highest BCUT2D eigenvalue weighted by Gasteiger charge is 2.02. The normalized spacial score (nSPS) is 10.0. The molecule has 2 aromatic carbocycles. The van der Waals surface area contributed by atoms with E-state index in [1.165, 1.54) is 5.56 Å². The van der Waals surface area contributed by atoms with Gasteiger partial charge in [0.05, 0.1) is 7.11 Å². The molecule has 0 saturated carbocycles. The number of anilines is 1. The van der Waals surface area contributed by atoms with Gasteiger partial charge in [-0.3, -0.25) is 0 Å². The van der Waals surface area contributed by atoms with E-state index in [1.54, 1.807) is 7.11 Å². The Morgan fingerprint density at radius 3 is 2.47 bits per heavy atom. The molecule has 0 heterocycles. The van der Waals surface area contributed by atoms with Crippen molar-refractivity contribution in [2.75, 3.05) is 19.1 Å². The highest BCUT2D eigenvalue weighted by Crippen LogP contribution is 2.21. The van der Waals surface area contributed by atoms with Crippen molar-refractivity contribution >= 4 is 5.69 Å². The van der Waals surface area contributed by atoms with E-state index in [0.29, 0.717) is 0 Å². The molecule has 0 fully saturated rings. The first-order chi connectivity index (χ1) is 8.29. The van der Waals surface area contributed by atoms with E-state index in [1.807, 2.05) is 24.3 Å². The zero-order chi connectivity index (χ0) is 12.1. The van der Waals surface area contributed by atoms with Gasteiger partial charge in [0.15, 0.2) is 0 Å². The molecule has 0 unspecified atom stereocenters. The molecule has 0 radical (unpaired) electrons. The van der Waals surface area contributed by atoms with Gasteiger partial charge in [0.1, 0.15) is 5.75 Å². The van der Waals surface area contributed by atoms with E-state index < -0.39 is 0 Å². The van der Waals surface area contributed by atoms with Gasteiger partial charge in [0.2, 0.25) is 0 Å². The predicted octanol–water partition coefficient (Wildman–Crippen LogP) is 3.33. The predicted molar refractivity (Wildman–Crippen MR) is 71.5 cm³/mol. The van der Waals surface area contributed by atoms with E-state index in [0.717, 1.165) is 18.0 Å². The summed E-state index contributed by atoms with van der Waals surface area (Å²) in [5, 5.41) is 0. The van der Waals surface area contributed by atoms with Crippen LogP contribution >= 0.6 is 0 Å². The number of hydrogen-bond donors (Lipinski definition) is 0. The molecular weight excluding hydrogens is 210 g/mol. The molecule has 2 heteroatoms. The number of nitrogens with zero attached hydrogens (tertiary/aromatic N) is 1. The van der Waals surface area contributed by atoms with E-state index in [2.05, 4.69) is 42.3 Å². The summed E-state index contributed by atoms with van der Waals surface area (Å²) >= 11 is 0. The van der Waals surface area contributed by atoms with Crippen LogP contribution in [0.15, 0.2) is 54.6 Å². The number of ether oxygens (including phenoxy) is 1. The molecule has 0 aliphatic heterocycles. The first-order valence-electron chi connectivity index (χ1n) is 5.69. The molecule has 88 valence electrons. The maximum absolute atomic E-state index is 5.23. The first kappa shape index (κ1) is 11.5. The summed E-state index contributed by atoms with van der Waals surface area (Å²) in [6.07, 6.45) is 0. The van der Waals surface area contributed by atoms with Crippen molar-refractivity contribution in [3.63, 3.8) is 0 Å². The van der Waals surface area contributed by atoms with E-state index in [4.69, 9.17) is 4.74 Å². The molecule has 0 saturated heterocycles. The standard InChI is InChI=1S/C15H17NO/c1-16(12-13-7-4-3-5-8-13)14-9-6-10-15(11-14)17-2/h3-11H,12H2,1-2H3. The first-order valence-corrected chi connectivity index (χ1v) is 5.69. The molecular formula is C15H17NO. The molecule has 2 aromatic rings. The Balaban J connectivity index is 2.11. The average molecular weight is 227 g/mol. The quantitative estimate of drug-likeness (QED) is 0.794. The Hall–Kier alpha value is -1.96. The summed E-state index contributed by atoms with van der Waals surface area (Å²) in [6, 6.07) is 18.5. The monoisotopic (exact) mass is 227 g/mol. The van der Waals surface area contributed by atoms with Gasteiger partial charge in [-0.2, -0.15) is 0 Å². The van der Waals surface area contributed by atoms with E-state index >= 15 is 0 Å². The van der Waals surface area contributed by atoms with Crippen LogP contribution in [0.25, 0.3) is 0 Å². The summed E-state index contributed by atoms with van der Waals surface area (Å²) in [7, 11) is 3.78. The SMILES string of the molecule is COc1cccc(N(C)Cc2ccccc2)c1. The van der Waals surface area contributed by atoms with Crippen molar-refractivity contribution in [2.24, 2.45) is 0 Å². The van der Waals surface area contributed by atoms with Crippen molar-refractivity contribution in [1.29, 1.82) is 0 Å². The fraction of sp³-hybridized carbons (Fsp3) is 0.200. The Morgan fingerprint density at radius 2 is 1.76 bits per heavy atom.